The van der Waals surface area contributed by atoms with E-state index in [-0.39, 0.29) is 12.2 Å². The molecule has 0 unspecified atom stereocenters. The number of carbonyl (C=O) groups excluding carboxylic acids is 2. The van der Waals surface area contributed by atoms with Crippen molar-refractivity contribution in [2.45, 2.75) is 13.8 Å². The summed E-state index contributed by atoms with van der Waals surface area (Å²) in [5.41, 5.74) is -0.0700. The zero-order valence-corrected chi connectivity index (χ0v) is 7.42. The Bertz CT molecular complexity index is 205. The SMILES string of the molecule is C/C=C(\C(=O)OC)C(=O)OCC. The molecule has 0 heterocycles. The summed E-state index contributed by atoms with van der Waals surface area (Å²) in [5, 5.41) is 0. The highest BCUT2D eigenvalue weighted by atomic mass is 16.5. The Kier molecular flexibility index (Phi) is 4.76. The first kappa shape index (κ1) is 10.7. The van der Waals surface area contributed by atoms with Crippen molar-refractivity contribution in [2.75, 3.05) is 13.7 Å². The second kappa shape index (κ2) is 5.35. The minimum absolute atomic E-state index is 0.0700. The molecule has 0 aromatic carbocycles. The summed E-state index contributed by atoms with van der Waals surface area (Å²) in [7, 11) is 1.21. The van der Waals surface area contributed by atoms with Crippen molar-refractivity contribution < 1.29 is 19.1 Å². The van der Waals surface area contributed by atoms with Crippen LogP contribution in [-0.4, -0.2) is 25.7 Å². The first-order chi connectivity index (χ1) is 5.67. The molecule has 0 radical (unpaired) electrons. The van der Waals surface area contributed by atoms with E-state index >= 15 is 0 Å². The number of allylic oxidation sites excluding steroid dienone is 1. The van der Waals surface area contributed by atoms with E-state index in [1.165, 1.54) is 13.2 Å². The molecule has 0 fully saturated rings. The molecule has 0 aliphatic carbocycles. The molecule has 12 heavy (non-hydrogen) atoms. The predicted molar refractivity (Wildman–Crippen MR) is 42.4 cm³/mol. The van der Waals surface area contributed by atoms with Gasteiger partial charge >= 0.3 is 11.9 Å². The highest BCUT2D eigenvalue weighted by Crippen LogP contribution is 2.00. The van der Waals surface area contributed by atoms with Gasteiger partial charge < -0.3 is 9.47 Å². The molecule has 0 aliphatic heterocycles. The quantitative estimate of drug-likeness (QED) is 0.272. The van der Waals surface area contributed by atoms with E-state index in [9.17, 15) is 9.59 Å². The Hall–Kier alpha value is -1.32. The van der Waals surface area contributed by atoms with Crippen LogP contribution < -0.4 is 0 Å². The predicted octanol–water partition coefficient (Wildman–Crippen LogP) is 0.669. The second-order valence-electron chi connectivity index (χ2n) is 1.91. The van der Waals surface area contributed by atoms with Gasteiger partial charge in [-0.05, 0) is 13.8 Å². The van der Waals surface area contributed by atoms with Crippen molar-refractivity contribution in [2.24, 2.45) is 0 Å². The Morgan fingerprint density at radius 1 is 1.33 bits per heavy atom. The van der Waals surface area contributed by atoms with E-state index in [4.69, 9.17) is 0 Å². The highest BCUT2D eigenvalue weighted by Gasteiger charge is 2.18. The summed E-state index contributed by atoms with van der Waals surface area (Å²) >= 11 is 0. The third kappa shape index (κ3) is 2.74. The molecule has 0 spiro atoms. The van der Waals surface area contributed by atoms with Gasteiger partial charge in [-0.1, -0.05) is 6.08 Å². The summed E-state index contributed by atoms with van der Waals surface area (Å²) in [6.45, 7) is 3.48. The van der Waals surface area contributed by atoms with Gasteiger partial charge in [-0.3, -0.25) is 0 Å². The van der Waals surface area contributed by atoms with Crippen molar-refractivity contribution >= 4 is 11.9 Å². The standard InChI is InChI=1S/C8H12O4/c1-4-6(7(9)11-3)8(10)12-5-2/h4H,5H2,1-3H3/b6-4+. The van der Waals surface area contributed by atoms with Crippen LogP contribution in [-0.2, 0) is 19.1 Å². The molecule has 0 saturated heterocycles. The molecule has 0 atom stereocenters. The van der Waals surface area contributed by atoms with Crippen LogP contribution in [0.1, 0.15) is 13.8 Å². The lowest BCUT2D eigenvalue weighted by atomic mass is 10.2. The lowest BCUT2D eigenvalue weighted by Crippen LogP contribution is -2.16. The molecule has 68 valence electrons. The van der Waals surface area contributed by atoms with Gasteiger partial charge in [-0.25, -0.2) is 9.59 Å². The molecule has 0 aromatic rings. The van der Waals surface area contributed by atoms with Crippen LogP contribution in [0.4, 0.5) is 0 Å². The van der Waals surface area contributed by atoms with Crippen molar-refractivity contribution in [3.63, 3.8) is 0 Å². The monoisotopic (exact) mass is 172 g/mol. The van der Waals surface area contributed by atoms with Gasteiger partial charge in [0, 0.05) is 0 Å². The van der Waals surface area contributed by atoms with Crippen molar-refractivity contribution in [1.29, 1.82) is 0 Å². The minimum Gasteiger partial charge on any atom is -0.465 e. The van der Waals surface area contributed by atoms with Gasteiger partial charge in [-0.2, -0.15) is 0 Å². The van der Waals surface area contributed by atoms with Gasteiger partial charge in [-0.15, -0.1) is 0 Å². The van der Waals surface area contributed by atoms with Gasteiger partial charge in [0.05, 0.1) is 13.7 Å². The molecule has 0 aromatic heterocycles. The van der Waals surface area contributed by atoms with Crippen LogP contribution in [0.25, 0.3) is 0 Å². The maximum Gasteiger partial charge on any atom is 0.345 e. The average Bonchev–Trinajstić information content (AvgIpc) is 2.06. The van der Waals surface area contributed by atoms with Gasteiger partial charge in [0.25, 0.3) is 0 Å². The fourth-order valence-corrected chi connectivity index (χ4v) is 0.638. The minimum atomic E-state index is -0.670. The van der Waals surface area contributed by atoms with Gasteiger partial charge in [0.1, 0.15) is 5.57 Å². The average molecular weight is 172 g/mol. The van der Waals surface area contributed by atoms with Gasteiger partial charge in [0.2, 0.25) is 0 Å². The fraction of sp³-hybridized carbons (Fsp3) is 0.500. The van der Waals surface area contributed by atoms with E-state index in [0.717, 1.165) is 0 Å². The van der Waals surface area contributed by atoms with Crippen LogP contribution in [0, 0.1) is 0 Å². The number of rotatable bonds is 3. The van der Waals surface area contributed by atoms with Crippen LogP contribution in [0.3, 0.4) is 0 Å². The molecule has 0 aliphatic rings. The van der Waals surface area contributed by atoms with Crippen LogP contribution >= 0.6 is 0 Å². The Balaban J connectivity index is 4.37. The molecule has 0 amide bonds. The van der Waals surface area contributed by atoms with Gasteiger partial charge in [0.15, 0.2) is 0 Å². The Morgan fingerprint density at radius 2 is 1.92 bits per heavy atom. The number of hydrogen-bond donors (Lipinski definition) is 0. The number of ether oxygens (including phenoxy) is 2. The summed E-state index contributed by atoms with van der Waals surface area (Å²) in [6.07, 6.45) is 1.36. The topological polar surface area (TPSA) is 52.6 Å². The molecule has 4 heteroatoms. The molecular weight excluding hydrogens is 160 g/mol. The van der Waals surface area contributed by atoms with E-state index < -0.39 is 11.9 Å². The van der Waals surface area contributed by atoms with Crippen LogP contribution in [0.5, 0.6) is 0 Å². The number of methoxy groups -OCH3 is 1. The van der Waals surface area contributed by atoms with E-state index in [2.05, 4.69) is 9.47 Å². The molecular formula is C8H12O4. The number of hydrogen-bond acceptors (Lipinski definition) is 4. The zero-order chi connectivity index (χ0) is 9.56. The zero-order valence-electron chi connectivity index (χ0n) is 7.42. The van der Waals surface area contributed by atoms with E-state index in [0.29, 0.717) is 0 Å². The molecule has 0 rings (SSSR count). The Morgan fingerprint density at radius 3 is 2.25 bits per heavy atom. The second-order valence-corrected chi connectivity index (χ2v) is 1.91. The molecule has 0 N–H and O–H groups in total. The highest BCUT2D eigenvalue weighted by molar-refractivity contribution is 6.13. The van der Waals surface area contributed by atoms with Crippen LogP contribution in [0.15, 0.2) is 11.6 Å². The molecule has 0 bridgehead atoms. The van der Waals surface area contributed by atoms with Crippen LogP contribution in [0.2, 0.25) is 0 Å². The first-order valence-corrected chi connectivity index (χ1v) is 3.59. The Labute approximate surface area is 71.2 Å². The smallest absolute Gasteiger partial charge is 0.345 e. The third-order valence-corrected chi connectivity index (χ3v) is 1.19. The summed E-state index contributed by atoms with van der Waals surface area (Å²) in [5.74, 6) is -1.32. The normalized spacial score (nSPS) is 10.8. The van der Waals surface area contributed by atoms with Crippen molar-refractivity contribution in [3.8, 4) is 0 Å². The lowest BCUT2D eigenvalue weighted by Gasteiger charge is -2.03. The first-order valence-electron chi connectivity index (χ1n) is 3.59. The van der Waals surface area contributed by atoms with E-state index in [1.54, 1.807) is 13.8 Å². The maximum atomic E-state index is 11.0. The number of carbonyl (C=O) groups is 2. The summed E-state index contributed by atoms with van der Waals surface area (Å²) < 4.78 is 8.97. The van der Waals surface area contributed by atoms with Crippen molar-refractivity contribution in [1.82, 2.24) is 0 Å². The maximum absolute atomic E-state index is 11.0. The fourth-order valence-electron chi connectivity index (χ4n) is 0.638. The van der Waals surface area contributed by atoms with E-state index in [1.807, 2.05) is 0 Å². The summed E-state index contributed by atoms with van der Waals surface area (Å²) in [4.78, 5) is 21.9. The molecule has 4 nitrogen and oxygen atoms in total. The third-order valence-electron chi connectivity index (χ3n) is 1.19. The largest absolute Gasteiger partial charge is 0.465 e. The lowest BCUT2D eigenvalue weighted by molar-refractivity contribution is -0.145. The number of esters is 2. The summed E-state index contributed by atoms with van der Waals surface area (Å²) in [6, 6.07) is 0. The molecule has 0 saturated carbocycles. The van der Waals surface area contributed by atoms with Crippen molar-refractivity contribution in [3.05, 3.63) is 11.6 Å².